The average molecular weight is 402 g/mol. The Labute approximate surface area is 172 Å². The van der Waals surface area contributed by atoms with Gasteiger partial charge in [-0.25, -0.2) is 4.39 Å². The van der Waals surface area contributed by atoms with Crippen molar-refractivity contribution in [1.29, 1.82) is 0 Å². The van der Waals surface area contributed by atoms with Gasteiger partial charge in [0.25, 0.3) is 0 Å². The molecular weight excluding hydrogens is 383 g/mol. The van der Waals surface area contributed by atoms with Crippen molar-refractivity contribution >= 4 is 22.8 Å². The summed E-state index contributed by atoms with van der Waals surface area (Å²) < 4.78 is 13.6. The predicted molar refractivity (Wildman–Crippen MR) is 116 cm³/mol. The molecule has 0 fully saturated rings. The lowest BCUT2D eigenvalue weighted by Gasteiger charge is -2.10. The molecule has 2 aromatic heterocycles. The van der Waals surface area contributed by atoms with E-state index in [1.165, 1.54) is 23.5 Å². The van der Waals surface area contributed by atoms with E-state index in [2.05, 4.69) is 10.3 Å². The lowest BCUT2D eigenvalue weighted by molar-refractivity contribution is 0.105. The van der Waals surface area contributed by atoms with Crippen molar-refractivity contribution in [3.8, 4) is 11.3 Å². The Hall–Kier alpha value is -3.44. The minimum atomic E-state index is -0.288. The minimum Gasteiger partial charge on any atom is -0.379 e. The quantitative estimate of drug-likeness (QED) is 0.299. The Kier molecular flexibility index (Phi) is 5.68. The number of aromatic nitrogens is 1. The van der Waals surface area contributed by atoms with E-state index in [0.29, 0.717) is 17.1 Å². The van der Waals surface area contributed by atoms with Crippen LogP contribution in [0.4, 0.5) is 4.39 Å². The molecule has 0 bridgehead atoms. The molecular formula is C24H19FN2OS. The Morgan fingerprint density at radius 3 is 2.62 bits per heavy atom. The van der Waals surface area contributed by atoms with Crippen LogP contribution in [0.25, 0.3) is 17.0 Å². The van der Waals surface area contributed by atoms with Gasteiger partial charge in [0, 0.05) is 23.9 Å². The van der Waals surface area contributed by atoms with Gasteiger partial charge >= 0.3 is 0 Å². The Bertz CT molecular complexity index is 1130. The van der Waals surface area contributed by atoms with E-state index in [9.17, 15) is 9.18 Å². The fourth-order valence-corrected chi connectivity index (χ4v) is 3.65. The number of hydrogen-bond acceptors (Lipinski definition) is 3. The standard InChI is InChI=1S/C24H19FN2OS/c25-19-9-4-8-18(14-19)20-11-12-21(27-20)22(15-23(28)24-10-5-13-29-24)26-16-17-6-2-1-3-7-17/h1-15,26-27H,16H2/b22-15+. The second kappa shape index (κ2) is 8.71. The summed E-state index contributed by atoms with van der Waals surface area (Å²) in [5.74, 6) is -0.345. The lowest BCUT2D eigenvalue weighted by Crippen LogP contribution is -2.13. The maximum atomic E-state index is 13.6. The van der Waals surface area contributed by atoms with Gasteiger partial charge in [-0.15, -0.1) is 11.3 Å². The number of thiophene rings is 1. The molecule has 0 unspecified atom stereocenters. The fourth-order valence-electron chi connectivity index (χ4n) is 3.01. The molecule has 2 N–H and O–H groups in total. The van der Waals surface area contributed by atoms with Crippen LogP contribution in [-0.4, -0.2) is 10.8 Å². The number of ketones is 1. The van der Waals surface area contributed by atoms with Crippen molar-refractivity contribution in [2.45, 2.75) is 6.54 Å². The van der Waals surface area contributed by atoms with Crippen LogP contribution >= 0.6 is 11.3 Å². The van der Waals surface area contributed by atoms with E-state index in [0.717, 1.165) is 22.5 Å². The summed E-state index contributed by atoms with van der Waals surface area (Å²) in [6.45, 7) is 0.582. The average Bonchev–Trinajstić information content (AvgIpc) is 3.44. The number of carbonyl (C=O) groups excluding carboxylic acids is 1. The molecule has 0 aliphatic rings. The Morgan fingerprint density at radius 1 is 1.00 bits per heavy atom. The highest BCUT2D eigenvalue weighted by atomic mass is 32.1. The lowest BCUT2D eigenvalue weighted by atomic mass is 10.1. The van der Waals surface area contributed by atoms with Crippen molar-refractivity contribution in [3.63, 3.8) is 0 Å². The number of aromatic amines is 1. The number of rotatable bonds is 7. The van der Waals surface area contributed by atoms with Crippen LogP contribution in [0.5, 0.6) is 0 Å². The molecule has 0 amide bonds. The molecule has 2 aromatic carbocycles. The van der Waals surface area contributed by atoms with E-state index in [4.69, 9.17) is 0 Å². The predicted octanol–water partition coefficient (Wildman–Crippen LogP) is 5.90. The van der Waals surface area contributed by atoms with E-state index in [1.807, 2.05) is 66.0 Å². The number of nitrogens with one attached hydrogen (secondary N) is 2. The first-order chi connectivity index (χ1) is 14.2. The van der Waals surface area contributed by atoms with E-state index in [1.54, 1.807) is 12.1 Å². The van der Waals surface area contributed by atoms with Gasteiger partial charge in [-0.3, -0.25) is 4.79 Å². The summed E-state index contributed by atoms with van der Waals surface area (Å²) in [6, 6.07) is 23.9. The van der Waals surface area contributed by atoms with Crippen molar-refractivity contribution < 1.29 is 9.18 Å². The van der Waals surface area contributed by atoms with Crippen molar-refractivity contribution in [2.24, 2.45) is 0 Å². The fraction of sp³-hybridized carbons (Fsp3) is 0.0417. The summed E-state index contributed by atoms with van der Waals surface area (Å²) >= 11 is 1.41. The third kappa shape index (κ3) is 4.70. The highest BCUT2D eigenvalue weighted by molar-refractivity contribution is 7.12. The van der Waals surface area contributed by atoms with Crippen molar-refractivity contribution in [3.05, 3.63) is 112 Å². The highest BCUT2D eigenvalue weighted by Gasteiger charge is 2.11. The number of H-pyrrole nitrogens is 1. The second-order valence-corrected chi connectivity index (χ2v) is 7.48. The smallest absolute Gasteiger partial charge is 0.197 e. The van der Waals surface area contributed by atoms with Crippen molar-refractivity contribution in [2.75, 3.05) is 0 Å². The molecule has 0 spiro atoms. The molecule has 0 aliphatic heterocycles. The first-order valence-corrected chi connectivity index (χ1v) is 10.1. The van der Waals surface area contributed by atoms with Crippen LogP contribution in [0.1, 0.15) is 20.9 Å². The molecule has 29 heavy (non-hydrogen) atoms. The van der Waals surface area contributed by atoms with Crippen LogP contribution in [0.2, 0.25) is 0 Å². The van der Waals surface area contributed by atoms with Crippen LogP contribution in [-0.2, 0) is 6.54 Å². The summed E-state index contributed by atoms with van der Waals surface area (Å²) in [5.41, 5.74) is 4.11. The maximum absolute atomic E-state index is 13.6. The van der Waals surface area contributed by atoms with E-state index >= 15 is 0 Å². The van der Waals surface area contributed by atoms with Gasteiger partial charge in [0.1, 0.15) is 5.82 Å². The van der Waals surface area contributed by atoms with Crippen LogP contribution in [0.15, 0.2) is 90.3 Å². The van der Waals surface area contributed by atoms with Crippen LogP contribution in [0.3, 0.4) is 0 Å². The Balaban J connectivity index is 1.63. The zero-order valence-corrected chi connectivity index (χ0v) is 16.4. The first-order valence-electron chi connectivity index (χ1n) is 9.22. The third-order valence-corrected chi connectivity index (χ3v) is 5.36. The molecule has 4 rings (SSSR count). The number of halogens is 1. The SMILES string of the molecule is O=C(/C=C(/NCc1ccccc1)c1ccc(-c2cccc(F)c2)[nH]1)c1cccs1. The molecule has 0 saturated carbocycles. The monoisotopic (exact) mass is 402 g/mol. The Morgan fingerprint density at radius 2 is 1.86 bits per heavy atom. The molecule has 144 valence electrons. The molecule has 3 nitrogen and oxygen atoms in total. The molecule has 0 radical (unpaired) electrons. The molecule has 0 aliphatic carbocycles. The van der Waals surface area contributed by atoms with Gasteiger partial charge < -0.3 is 10.3 Å². The number of benzene rings is 2. The summed E-state index contributed by atoms with van der Waals surface area (Å²) in [7, 11) is 0. The summed E-state index contributed by atoms with van der Waals surface area (Å²) in [5, 5.41) is 5.24. The topological polar surface area (TPSA) is 44.9 Å². The zero-order chi connectivity index (χ0) is 20.1. The van der Waals surface area contributed by atoms with Gasteiger partial charge in [0.05, 0.1) is 16.3 Å². The number of hydrogen-bond donors (Lipinski definition) is 2. The minimum absolute atomic E-state index is 0.0579. The maximum Gasteiger partial charge on any atom is 0.197 e. The van der Waals surface area contributed by atoms with Gasteiger partial charge in [-0.2, -0.15) is 0 Å². The van der Waals surface area contributed by atoms with Gasteiger partial charge in [-0.05, 0) is 41.3 Å². The summed E-state index contributed by atoms with van der Waals surface area (Å²) in [6.07, 6.45) is 1.61. The zero-order valence-electron chi connectivity index (χ0n) is 15.6. The van der Waals surface area contributed by atoms with Gasteiger partial charge in [0.15, 0.2) is 5.78 Å². The third-order valence-electron chi connectivity index (χ3n) is 4.48. The molecule has 5 heteroatoms. The summed E-state index contributed by atoms with van der Waals surface area (Å²) in [4.78, 5) is 16.6. The van der Waals surface area contributed by atoms with Gasteiger partial charge in [0.2, 0.25) is 0 Å². The van der Waals surface area contributed by atoms with Crippen LogP contribution in [0, 0.1) is 5.82 Å². The molecule has 2 heterocycles. The van der Waals surface area contributed by atoms with Crippen molar-refractivity contribution in [1.82, 2.24) is 10.3 Å². The normalized spacial score (nSPS) is 11.4. The molecule has 4 aromatic rings. The molecule has 0 saturated heterocycles. The van der Waals surface area contributed by atoms with Crippen LogP contribution < -0.4 is 5.32 Å². The first kappa shape index (κ1) is 18.9. The van der Waals surface area contributed by atoms with E-state index < -0.39 is 0 Å². The second-order valence-electron chi connectivity index (χ2n) is 6.53. The number of carbonyl (C=O) groups is 1. The largest absolute Gasteiger partial charge is 0.379 e. The van der Waals surface area contributed by atoms with Gasteiger partial charge in [-0.1, -0.05) is 48.5 Å². The highest BCUT2D eigenvalue weighted by Crippen LogP contribution is 2.23. The number of allylic oxidation sites excluding steroid dienone is 1. The molecule has 0 atom stereocenters. The van der Waals surface area contributed by atoms with E-state index in [-0.39, 0.29) is 11.6 Å².